The van der Waals surface area contributed by atoms with E-state index in [-0.39, 0.29) is 5.82 Å². The van der Waals surface area contributed by atoms with Crippen LogP contribution in [0.2, 0.25) is 0 Å². The van der Waals surface area contributed by atoms with E-state index < -0.39 is 6.09 Å². The molecule has 0 spiro atoms. The summed E-state index contributed by atoms with van der Waals surface area (Å²) in [6.07, 6.45) is 0.0102. The van der Waals surface area contributed by atoms with Crippen molar-refractivity contribution in [3.8, 4) is 11.1 Å². The van der Waals surface area contributed by atoms with Gasteiger partial charge in [-0.2, -0.15) is 0 Å². The zero-order chi connectivity index (χ0) is 17.1. The maximum atomic E-state index is 13.6. The van der Waals surface area contributed by atoms with Gasteiger partial charge in [0.05, 0.1) is 5.69 Å². The van der Waals surface area contributed by atoms with Crippen molar-refractivity contribution in [2.45, 2.75) is 6.42 Å². The van der Waals surface area contributed by atoms with Crippen LogP contribution in [0.15, 0.2) is 48.5 Å². The molecule has 24 heavy (non-hydrogen) atoms. The molecule has 1 aliphatic heterocycles. The van der Waals surface area contributed by atoms with Crippen LogP contribution in [0.4, 0.5) is 14.9 Å². The second-order valence-corrected chi connectivity index (χ2v) is 6.34. The van der Waals surface area contributed by atoms with Gasteiger partial charge in [-0.25, -0.2) is 9.18 Å². The molecule has 0 bridgehead atoms. The van der Waals surface area contributed by atoms with E-state index in [4.69, 9.17) is 0 Å². The molecule has 5 heteroatoms. The van der Waals surface area contributed by atoms with Crippen molar-refractivity contribution in [3.63, 3.8) is 0 Å². The summed E-state index contributed by atoms with van der Waals surface area (Å²) in [6.45, 7) is 2.33. The van der Waals surface area contributed by atoms with E-state index >= 15 is 0 Å². The molecule has 2 aromatic carbocycles. The summed E-state index contributed by atoms with van der Waals surface area (Å²) in [5.41, 5.74) is 2.01. The fourth-order valence-corrected chi connectivity index (χ4v) is 3.32. The predicted octanol–water partition coefficient (Wildman–Crippen LogP) is 3.93. The average molecular weight is 328 g/mol. The minimum absolute atomic E-state index is 0.312. The van der Waals surface area contributed by atoms with Crippen molar-refractivity contribution in [2.24, 2.45) is 5.92 Å². The molecule has 1 N–H and O–H groups in total. The van der Waals surface area contributed by atoms with E-state index in [2.05, 4.69) is 4.90 Å². The summed E-state index contributed by atoms with van der Waals surface area (Å²) in [4.78, 5) is 15.5. The lowest BCUT2D eigenvalue weighted by atomic mass is 10.0. The first-order valence-corrected chi connectivity index (χ1v) is 8.08. The van der Waals surface area contributed by atoms with Gasteiger partial charge in [0.2, 0.25) is 0 Å². The zero-order valence-electron chi connectivity index (χ0n) is 13.7. The van der Waals surface area contributed by atoms with E-state index in [1.807, 2.05) is 25.2 Å². The molecule has 3 rings (SSSR count). The Morgan fingerprint density at radius 2 is 2.08 bits per heavy atom. The lowest BCUT2D eigenvalue weighted by Gasteiger charge is -2.25. The first kappa shape index (κ1) is 16.5. The fraction of sp³-hybridized carbons (Fsp3) is 0.316. The predicted molar refractivity (Wildman–Crippen MR) is 92.8 cm³/mol. The third kappa shape index (κ3) is 3.57. The van der Waals surface area contributed by atoms with Gasteiger partial charge in [-0.05, 0) is 49.7 Å². The highest BCUT2D eigenvalue weighted by Crippen LogP contribution is 2.32. The Morgan fingerprint density at radius 1 is 1.29 bits per heavy atom. The maximum Gasteiger partial charge on any atom is 0.411 e. The molecule has 0 unspecified atom stereocenters. The monoisotopic (exact) mass is 328 g/mol. The number of halogens is 1. The van der Waals surface area contributed by atoms with E-state index in [1.54, 1.807) is 18.2 Å². The maximum absolute atomic E-state index is 13.6. The topological polar surface area (TPSA) is 43.8 Å². The number of benzene rings is 2. The molecule has 126 valence electrons. The van der Waals surface area contributed by atoms with Gasteiger partial charge in [0.1, 0.15) is 5.82 Å². The van der Waals surface area contributed by atoms with Crippen LogP contribution in [-0.4, -0.2) is 42.8 Å². The number of carbonyl (C=O) groups is 1. The minimum atomic E-state index is -0.978. The van der Waals surface area contributed by atoms with Crippen molar-refractivity contribution in [1.29, 1.82) is 0 Å². The first-order valence-electron chi connectivity index (χ1n) is 8.08. The number of carboxylic acid groups (broad SMARTS) is 1. The van der Waals surface area contributed by atoms with E-state index in [1.165, 1.54) is 17.0 Å². The zero-order valence-corrected chi connectivity index (χ0v) is 13.7. The summed E-state index contributed by atoms with van der Waals surface area (Å²) in [7, 11) is 2.05. The van der Waals surface area contributed by atoms with E-state index in [0.717, 1.165) is 25.1 Å². The van der Waals surface area contributed by atoms with Crippen LogP contribution in [-0.2, 0) is 0 Å². The third-order valence-corrected chi connectivity index (χ3v) is 4.49. The molecular formula is C19H21FN2O2. The van der Waals surface area contributed by atoms with Crippen LogP contribution in [0.25, 0.3) is 11.1 Å². The minimum Gasteiger partial charge on any atom is -0.465 e. The Balaban J connectivity index is 1.95. The number of hydrogen-bond donors (Lipinski definition) is 1. The molecule has 4 nitrogen and oxygen atoms in total. The Bertz CT molecular complexity index is 735. The molecular weight excluding hydrogens is 307 g/mol. The molecule has 1 amide bonds. The quantitative estimate of drug-likeness (QED) is 0.925. The van der Waals surface area contributed by atoms with Gasteiger partial charge in [0.25, 0.3) is 0 Å². The normalized spacial score (nSPS) is 17.8. The van der Waals surface area contributed by atoms with Gasteiger partial charge < -0.3 is 10.0 Å². The van der Waals surface area contributed by atoms with Crippen LogP contribution in [0.1, 0.15) is 6.42 Å². The summed E-state index contributed by atoms with van der Waals surface area (Å²) >= 11 is 0. The van der Waals surface area contributed by atoms with Crippen LogP contribution in [0.5, 0.6) is 0 Å². The molecule has 2 aromatic rings. The van der Waals surface area contributed by atoms with Crippen LogP contribution in [0.3, 0.4) is 0 Å². The lowest BCUT2D eigenvalue weighted by molar-refractivity contribution is 0.200. The summed E-state index contributed by atoms with van der Waals surface area (Å²) < 4.78 is 13.6. The Kier molecular flexibility index (Phi) is 4.81. The number of nitrogens with zero attached hydrogens (tertiary/aromatic N) is 2. The highest BCUT2D eigenvalue weighted by molar-refractivity contribution is 5.92. The summed E-state index contributed by atoms with van der Waals surface area (Å²) in [5, 5.41) is 9.72. The Labute approximate surface area is 141 Å². The Hall–Kier alpha value is -2.40. The van der Waals surface area contributed by atoms with Crippen LogP contribution in [0, 0.1) is 11.7 Å². The third-order valence-electron chi connectivity index (χ3n) is 4.49. The fourth-order valence-electron chi connectivity index (χ4n) is 3.32. The molecule has 0 radical (unpaired) electrons. The van der Waals surface area contributed by atoms with Crippen molar-refractivity contribution in [1.82, 2.24) is 4.90 Å². The average Bonchev–Trinajstić information content (AvgIpc) is 2.97. The number of hydrogen-bond acceptors (Lipinski definition) is 2. The van der Waals surface area contributed by atoms with Crippen molar-refractivity contribution in [2.75, 3.05) is 31.6 Å². The molecule has 1 heterocycles. The largest absolute Gasteiger partial charge is 0.465 e. The number of rotatable bonds is 4. The number of anilines is 1. The molecule has 1 saturated heterocycles. The van der Waals surface area contributed by atoms with Gasteiger partial charge >= 0.3 is 6.09 Å². The summed E-state index contributed by atoms with van der Waals surface area (Å²) in [5.74, 6) is -0.0201. The van der Waals surface area contributed by atoms with Gasteiger partial charge in [0, 0.05) is 18.7 Å². The van der Waals surface area contributed by atoms with Crippen molar-refractivity contribution < 1.29 is 14.3 Å². The Morgan fingerprint density at radius 3 is 2.75 bits per heavy atom. The van der Waals surface area contributed by atoms with Gasteiger partial charge in [0.15, 0.2) is 0 Å². The summed E-state index contributed by atoms with van der Waals surface area (Å²) in [6, 6.07) is 13.5. The number of para-hydroxylation sites is 1. The van der Waals surface area contributed by atoms with Gasteiger partial charge in [-0.1, -0.05) is 30.3 Å². The van der Waals surface area contributed by atoms with Gasteiger partial charge in [-0.3, -0.25) is 4.90 Å². The van der Waals surface area contributed by atoms with Crippen LogP contribution >= 0.6 is 0 Å². The highest BCUT2D eigenvalue weighted by Gasteiger charge is 2.26. The van der Waals surface area contributed by atoms with E-state index in [0.29, 0.717) is 23.7 Å². The first-order chi connectivity index (χ1) is 11.5. The van der Waals surface area contributed by atoms with E-state index in [9.17, 15) is 14.3 Å². The second kappa shape index (κ2) is 7.01. The van der Waals surface area contributed by atoms with Crippen molar-refractivity contribution >= 4 is 11.8 Å². The second-order valence-electron chi connectivity index (χ2n) is 6.34. The molecule has 0 aliphatic carbocycles. The SMILES string of the molecule is CN1CC[C@H](CN(C(=O)O)c2ccccc2-c2cccc(F)c2)C1. The highest BCUT2D eigenvalue weighted by atomic mass is 19.1. The van der Waals surface area contributed by atoms with Crippen LogP contribution < -0.4 is 4.90 Å². The smallest absolute Gasteiger partial charge is 0.411 e. The molecule has 1 aliphatic rings. The lowest BCUT2D eigenvalue weighted by Crippen LogP contribution is -2.35. The van der Waals surface area contributed by atoms with Gasteiger partial charge in [-0.15, -0.1) is 0 Å². The van der Waals surface area contributed by atoms with Crippen molar-refractivity contribution in [3.05, 3.63) is 54.3 Å². The molecule has 0 aromatic heterocycles. The molecule has 0 saturated carbocycles. The standard InChI is InChI=1S/C19H21FN2O2/c1-21-10-9-14(12-21)13-22(19(23)24)18-8-3-2-7-17(18)15-5-4-6-16(20)11-15/h2-8,11,14H,9-10,12-13H2,1H3,(H,23,24)/t14-/m0/s1. The molecule has 1 fully saturated rings. The number of likely N-dealkylation sites (tertiary alicyclic amines) is 1. The number of amides is 1. The molecule has 1 atom stereocenters.